The lowest BCUT2D eigenvalue weighted by molar-refractivity contribution is 0.0946. The predicted molar refractivity (Wildman–Crippen MR) is 91.6 cm³/mol. The van der Waals surface area contributed by atoms with Crippen molar-refractivity contribution in [1.29, 1.82) is 0 Å². The van der Waals surface area contributed by atoms with Crippen molar-refractivity contribution in [1.82, 2.24) is 15.3 Å². The molecule has 25 heavy (non-hydrogen) atoms. The van der Waals surface area contributed by atoms with Gasteiger partial charge in [-0.05, 0) is 43.3 Å². The molecule has 3 aromatic rings. The molecule has 1 aromatic carbocycles. The third kappa shape index (κ3) is 4.29. The van der Waals surface area contributed by atoms with Crippen LogP contribution in [0, 0.1) is 0 Å². The number of furan rings is 1. The fourth-order valence-electron chi connectivity index (χ4n) is 2.11. The van der Waals surface area contributed by atoms with E-state index < -0.39 is 0 Å². The van der Waals surface area contributed by atoms with E-state index in [0.717, 1.165) is 5.69 Å². The lowest BCUT2D eigenvalue weighted by Gasteiger charge is -2.06. The second-order valence-electron chi connectivity index (χ2n) is 5.32. The topological polar surface area (TPSA) is 97.1 Å². The van der Waals surface area contributed by atoms with E-state index in [1.165, 1.54) is 19.3 Å². The van der Waals surface area contributed by atoms with Gasteiger partial charge in [0.25, 0.3) is 5.91 Å². The molecule has 0 aliphatic rings. The average molecular weight is 336 g/mol. The number of nitrogens with zero attached hydrogens (tertiary/aromatic N) is 2. The maximum atomic E-state index is 12.0. The Morgan fingerprint density at radius 2 is 1.76 bits per heavy atom. The molecule has 2 N–H and O–H groups in total. The van der Waals surface area contributed by atoms with Crippen LogP contribution in [0.25, 0.3) is 0 Å². The first-order chi connectivity index (χ1) is 12.1. The molecule has 2 heterocycles. The van der Waals surface area contributed by atoms with Gasteiger partial charge in [-0.1, -0.05) is 0 Å². The fourth-order valence-corrected chi connectivity index (χ4v) is 2.11. The fraction of sp³-hybridized carbons (Fsp3) is 0.111. The summed E-state index contributed by atoms with van der Waals surface area (Å²) >= 11 is 0. The monoisotopic (exact) mass is 336 g/mol. The summed E-state index contributed by atoms with van der Waals surface area (Å²) in [5, 5.41) is 5.73. The number of nitrogens with one attached hydrogen (secondary N) is 2. The van der Waals surface area contributed by atoms with E-state index in [2.05, 4.69) is 20.6 Å². The van der Waals surface area contributed by atoms with Crippen molar-refractivity contribution in [3.8, 4) is 0 Å². The van der Waals surface area contributed by atoms with Crippen molar-refractivity contribution < 1.29 is 14.0 Å². The Hall–Kier alpha value is -3.48. The SMILES string of the molecule is CC(=O)c1ccc(Nc2ncc(C(=O)NCc3ccco3)cn2)cc1. The number of hydrogen-bond donors (Lipinski definition) is 2. The number of ketones is 1. The van der Waals surface area contributed by atoms with E-state index in [0.29, 0.717) is 29.4 Å². The molecular formula is C18H16N4O3. The molecule has 3 rings (SSSR count). The van der Waals surface area contributed by atoms with Crippen LogP contribution >= 0.6 is 0 Å². The largest absolute Gasteiger partial charge is 0.467 e. The van der Waals surface area contributed by atoms with Gasteiger partial charge in [0.1, 0.15) is 5.76 Å². The predicted octanol–water partition coefficient (Wildman–Crippen LogP) is 2.95. The Kier molecular flexibility index (Phi) is 4.84. The summed E-state index contributed by atoms with van der Waals surface area (Å²) in [6.45, 7) is 1.82. The number of carbonyl (C=O) groups is 2. The van der Waals surface area contributed by atoms with Crippen LogP contribution in [0.1, 0.15) is 33.4 Å². The lowest BCUT2D eigenvalue weighted by Crippen LogP contribution is -2.22. The number of carbonyl (C=O) groups excluding carboxylic acids is 2. The van der Waals surface area contributed by atoms with E-state index in [-0.39, 0.29) is 11.7 Å². The van der Waals surface area contributed by atoms with E-state index in [1.54, 1.807) is 42.7 Å². The third-order valence-corrected chi connectivity index (χ3v) is 3.46. The van der Waals surface area contributed by atoms with E-state index in [1.807, 2.05) is 0 Å². The smallest absolute Gasteiger partial charge is 0.254 e. The zero-order chi connectivity index (χ0) is 17.6. The van der Waals surface area contributed by atoms with Crippen LogP contribution in [0.5, 0.6) is 0 Å². The van der Waals surface area contributed by atoms with E-state index in [4.69, 9.17) is 4.42 Å². The standard InChI is InChI=1S/C18H16N4O3/c1-12(23)13-4-6-15(7-5-13)22-18-20-9-14(10-21-18)17(24)19-11-16-3-2-8-25-16/h2-10H,11H2,1H3,(H,19,24)(H,20,21,22). The highest BCUT2D eigenvalue weighted by molar-refractivity contribution is 5.94. The minimum Gasteiger partial charge on any atom is -0.467 e. The Morgan fingerprint density at radius 3 is 2.36 bits per heavy atom. The molecule has 0 spiro atoms. The maximum absolute atomic E-state index is 12.0. The molecule has 2 aromatic heterocycles. The molecule has 1 amide bonds. The van der Waals surface area contributed by atoms with Crippen LogP contribution in [0.3, 0.4) is 0 Å². The van der Waals surface area contributed by atoms with Gasteiger partial charge in [-0.25, -0.2) is 9.97 Å². The second kappa shape index (κ2) is 7.39. The normalized spacial score (nSPS) is 10.3. The minimum atomic E-state index is -0.284. The van der Waals surface area contributed by atoms with Crippen molar-refractivity contribution in [3.63, 3.8) is 0 Å². The average Bonchev–Trinajstić information content (AvgIpc) is 3.14. The number of anilines is 2. The first-order valence-corrected chi connectivity index (χ1v) is 7.62. The molecule has 7 heteroatoms. The Bertz CT molecular complexity index is 856. The molecule has 0 radical (unpaired) electrons. The lowest BCUT2D eigenvalue weighted by atomic mass is 10.1. The summed E-state index contributed by atoms with van der Waals surface area (Å²) in [6, 6.07) is 10.5. The molecule has 0 atom stereocenters. The van der Waals surface area contributed by atoms with Crippen molar-refractivity contribution in [3.05, 3.63) is 71.9 Å². The van der Waals surface area contributed by atoms with Gasteiger partial charge in [0.15, 0.2) is 5.78 Å². The van der Waals surface area contributed by atoms with Crippen LogP contribution in [0.2, 0.25) is 0 Å². The van der Waals surface area contributed by atoms with Crippen LogP contribution in [-0.2, 0) is 6.54 Å². The number of Topliss-reactive ketones (excluding diaryl/α,β-unsaturated/α-hetero) is 1. The van der Waals surface area contributed by atoms with Crippen LogP contribution < -0.4 is 10.6 Å². The molecule has 7 nitrogen and oxygen atoms in total. The molecule has 0 unspecified atom stereocenters. The summed E-state index contributed by atoms with van der Waals surface area (Å²) in [5.74, 6) is 0.751. The molecule has 0 aliphatic heterocycles. The summed E-state index contributed by atoms with van der Waals surface area (Å²) in [4.78, 5) is 31.5. The van der Waals surface area contributed by atoms with Crippen molar-refractivity contribution in [2.45, 2.75) is 13.5 Å². The van der Waals surface area contributed by atoms with Gasteiger partial charge in [0.2, 0.25) is 5.95 Å². The highest BCUT2D eigenvalue weighted by Crippen LogP contribution is 2.14. The van der Waals surface area contributed by atoms with Gasteiger partial charge in [0, 0.05) is 23.6 Å². The molecule has 126 valence electrons. The molecular weight excluding hydrogens is 320 g/mol. The molecule has 0 saturated carbocycles. The molecule has 0 saturated heterocycles. The number of hydrogen-bond acceptors (Lipinski definition) is 6. The Labute approximate surface area is 144 Å². The second-order valence-corrected chi connectivity index (χ2v) is 5.32. The van der Waals surface area contributed by atoms with Gasteiger partial charge in [-0.15, -0.1) is 0 Å². The van der Waals surface area contributed by atoms with Crippen LogP contribution in [-0.4, -0.2) is 21.7 Å². The first-order valence-electron chi connectivity index (χ1n) is 7.62. The van der Waals surface area contributed by atoms with Gasteiger partial charge >= 0.3 is 0 Å². The van der Waals surface area contributed by atoms with Gasteiger partial charge in [0.05, 0.1) is 18.4 Å². The molecule has 0 aliphatic carbocycles. The van der Waals surface area contributed by atoms with Crippen LogP contribution in [0.4, 0.5) is 11.6 Å². The van der Waals surface area contributed by atoms with Crippen molar-refractivity contribution in [2.75, 3.05) is 5.32 Å². The van der Waals surface area contributed by atoms with Crippen LogP contribution in [0.15, 0.2) is 59.5 Å². The molecule has 0 fully saturated rings. The van der Waals surface area contributed by atoms with Crippen molar-refractivity contribution >= 4 is 23.3 Å². The van der Waals surface area contributed by atoms with Gasteiger partial charge in [-0.3, -0.25) is 9.59 Å². The van der Waals surface area contributed by atoms with Crippen molar-refractivity contribution in [2.24, 2.45) is 0 Å². The van der Waals surface area contributed by atoms with E-state index in [9.17, 15) is 9.59 Å². The zero-order valence-electron chi connectivity index (χ0n) is 13.5. The van der Waals surface area contributed by atoms with Gasteiger partial charge in [-0.2, -0.15) is 0 Å². The zero-order valence-corrected chi connectivity index (χ0v) is 13.5. The number of amides is 1. The maximum Gasteiger partial charge on any atom is 0.254 e. The van der Waals surface area contributed by atoms with Gasteiger partial charge < -0.3 is 15.1 Å². The minimum absolute atomic E-state index is 0.00714. The quantitative estimate of drug-likeness (QED) is 0.672. The highest BCUT2D eigenvalue weighted by atomic mass is 16.3. The Morgan fingerprint density at radius 1 is 1.04 bits per heavy atom. The first kappa shape index (κ1) is 16.4. The number of benzene rings is 1. The third-order valence-electron chi connectivity index (χ3n) is 3.46. The molecule has 0 bridgehead atoms. The summed E-state index contributed by atoms with van der Waals surface area (Å²) in [5.41, 5.74) is 1.74. The number of rotatable bonds is 6. The summed E-state index contributed by atoms with van der Waals surface area (Å²) < 4.78 is 5.15. The number of aromatic nitrogens is 2. The summed E-state index contributed by atoms with van der Waals surface area (Å²) in [6.07, 6.45) is 4.43. The summed E-state index contributed by atoms with van der Waals surface area (Å²) in [7, 11) is 0. The Balaban J connectivity index is 1.59. The van der Waals surface area contributed by atoms with E-state index >= 15 is 0 Å². The highest BCUT2D eigenvalue weighted by Gasteiger charge is 2.08.